The predicted molar refractivity (Wildman–Crippen MR) is 119 cm³/mol. The Kier molecular flexibility index (Phi) is 4.98. The molecule has 4 rings (SSSR count). The lowest BCUT2D eigenvalue weighted by molar-refractivity contribution is -0.384. The average Bonchev–Trinajstić information content (AvgIpc) is 2.75. The number of nitrogens with zero attached hydrogens (tertiary/aromatic N) is 3. The van der Waals surface area contributed by atoms with Crippen molar-refractivity contribution in [1.29, 1.82) is 0 Å². The van der Waals surface area contributed by atoms with E-state index in [0.717, 1.165) is 22.4 Å². The van der Waals surface area contributed by atoms with Crippen LogP contribution < -0.4 is 5.56 Å². The van der Waals surface area contributed by atoms with Crippen LogP contribution in [-0.4, -0.2) is 14.5 Å². The molecular weight excluding hydrogens is 378 g/mol. The summed E-state index contributed by atoms with van der Waals surface area (Å²) in [6.07, 6.45) is 3.54. The highest BCUT2D eigenvalue weighted by Crippen LogP contribution is 2.19. The van der Waals surface area contributed by atoms with Crippen molar-refractivity contribution in [2.24, 2.45) is 0 Å². The molecule has 0 unspecified atom stereocenters. The monoisotopic (exact) mass is 397 g/mol. The van der Waals surface area contributed by atoms with Gasteiger partial charge in [0, 0.05) is 12.1 Å². The summed E-state index contributed by atoms with van der Waals surface area (Å²) in [6, 6.07) is 19.3. The highest BCUT2D eigenvalue weighted by Gasteiger charge is 2.12. The minimum Gasteiger partial charge on any atom is -0.268 e. The molecule has 0 aliphatic rings. The van der Waals surface area contributed by atoms with Gasteiger partial charge < -0.3 is 0 Å². The topological polar surface area (TPSA) is 78.0 Å². The second-order valence-electron chi connectivity index (χ2n) is 7.08. The maximum Gasteiger partial charge on any atom is 0.269 e. The predicted octanol–water partition coefficient (Wildman–Crippen LogP) is 5.08. The van der Waals surface area contributed by atoms with Gasteiger partial charge in [-0.15, -0.1) is 0 Å². The number of hydrogen-bond acceptors (Lipinski definition) is 4. The Morgan fingerprint density at radius 1 is 0.933 bits per heavy atom. The number of non-ortho nitro benzene ring substituents is 1. The smallest absolute Gasteiger partial charge is 0.268 e. The number of aryl methyl sites for hydroxylation is 2. The molecule has 30 heavy (non-hydrogen) atoms. The molecule has 6 heteroatoms. The molecule has 0 atom stereocenters. The fourth-order valence-electron chi connectivity index (χ4n) is 3.25. The summed E-state index contributed by atoms with van der Waals surface area (Å²) >= 11 is 0. The van der Waals surface area contributed by atoms with E-state index in [1.165, 1.54) is 12.1 Å². The summed E-state index contributed by atoms with van der Waals surface area (Å²) in [5, 5.41) is 11.4. The van der Waals surface area contributed by atoms with Crippen molar-refractivity contribution in [3.63, 3.8) is 0 Å². The van der Waals surface area contributed by atoms with E-state index in [1.807, 2.05) is 50.2 Å². The summed E-state index contributed by atoms with van der Waals surface area (Å²) in [4.78, 5) is 28.4. The van der Waals surface area contributed by atoms with E-state index in [4.69, 9.17) is 4.98 Å². The number of rotatable bonds is 4. The van der Waals surface area contributed by atoms with Gasteiger partial charge in [-0.1, -0.05) is 24.3 Å². The molecule has 0 aliphatic carbocycles. The van der Waals surface area contributed by atoms with Crippen molar-refractivity contribution in [2.45, 2.75) is 13.8 Å². The molecular formula is C24H19N3O3. The fourth-order valence-corrected chi connectivity index (χ4v) is 3.25. The molecule has 0 spiro atoms. The largest absolute Gasteiger partial charge is 0.269 e. The lowest BCUT2D eigenvalue weighted by Gasteiger charge is -2.13. The Morgan fingerprint density at radius 2 is 1.67 bits per heavy atom. The van der Waals surface area contributed by atoms with Crippen molar-refractivity contribution >= 4 is 28.7 Å². The molecule has 4 aromatic rings. The van der Waals surface area contributed by atoms with Gasteiger partial charge in [0.2, 0.25) is 0 Å². The summed E-state index contributed by atoms with van der Waals surface area (Å²) in [5.41, 5.74) is 4.24. The summed E-state index contributed by atoms with van der Waals surface area (Å²) < 4.78 is 1.59. The Hall–Kier alpha value is -4.06. The second-order valence-corrected chi connectivity index (χ2v) is 7.08. The highest BCUT2D eigenvalue weighted by atomic mass is 16.6. The van der Waals surface area contributed by atoms with Crippen LogP contribution in [0.25, 0.3) is 28.7 Å². The lowest BCUT2D eigenvalue weighted by atomic mass is 10.1. The molecule has 0 aliphatic heterocycles. The average molecular weight is 397 g/mol. The third kappa shape index (κ3) is 3.63. The SMILES string of the molecule is Cc1ccc(-n2c(C=Cc3ccc([N+](=O)[O-])cc3)nc3ccccc3c2=O)cc1C. The molecule has 1 heterocycles. The van der Waals surface area contributed by atoms with Gasteiger partial charge in [0.15, 0.2) is 0 Å². The van der Waals surface area contributed by atoms with Crippen LogP contribution in [0.3, 0.4) is 0 Å². The van der Waals surface area contributed by atoms with Gasteiger partial charge in [0.05, 0.1) is 21.5 Å². The maximum absolute atomic E-state index is 13.3. The third-order valence-corrected chi connectivity index (χ3v) is 5.08. The summed E-state index contributed by atoms with van der Waals surface area (Å²) in [5.74, 6) is 0.486. The maximum atomic E-state index is 13.3. The minimum absolute atomic E-state index is 0.0306. The minimum atomic E-state index is -0.435. The van der Waals surface area contributed by atoms with Crippen LogP contribution in [0.4, 0.5) is 5.69 Å². The number of nitro benzene ring substituents is 1. The van der Waals surface area contributed by atoms with Crippen molar-refractivity contribution in [3.8, 4) is 5.69 Å². The van der Waals surface area contributed by atoms with E-state index >= 15 is 0 Å². The van der Waals surface area contributed by atoms with E-state index in [1.54, 1.807) is 34.9 Å². The second kappa shape index (κ2) is 7.75. The van der Waals surface area contributed by atoms with E-state index in [0.29, 0.717) is 16.7 Å². The zero-order chi connectivity index (χ0) is 21.3. The number of aromatic nitrogens is 2. The molecule has 0 N–H and O–H groups in total. The van der Waals surface area contributed by atoms with E-state index in [9.17, 15) is 14.9 Å². The molecule has 0 bridgehead atoms. The van der Waals surface area contributed by atoms with Crippen molar-refractivity contribution in [1.82, 2.24) is 9.55 Å². The first-order valence-electron chi connectivity index (χ1n) is 9.46. The molecule has 0 radical (unpaired) electrons. The van der Waals surface area contributed by atoms with Crippen LogP contribution in [0, 0.1) is 24.0 Å². The van der Waals surface area contributed by atoms with E-state index in [2.05, 4.69) is 0 Å². The number of para-hydroxylation sites is 1. The normalized spacial score (nSPS) is 11.3. The standard InChI is InChI=1S/C24H19N3O3/c1-16-7-11-20(15-17(16)2)26-23(25-22-6-4-3-5-21(22)24(26)28)14-10-18-8-12-19(13-9-18)27(29)30/h3-15H,1-2H3. The first-order chi connectivity index (χ1) is 14.4. The van der Waals surface area contributed by atoms with Crippen LogP contribution in [-0.2, 0) is 0 Å². The van der Waals surface area contributed by atoms with Crippen LogP contribution in [0.2, 0.25) is 0 Å². The summed E-state index contributed by atoms with van der Waals surface area (Å²) in [7, 11) is 0. The van der Waals surface area contributed by atoms with Crippen LogP contribution in [0.15, 0.2) is 71.5 Å². The van der Waals surface area contributed by atoms with Gasteiger partial charge in [0.1, 0.15) is 5.82 Å². The molecule has 0 saturated carbocycles. The highest BCUT2D eigenvalue weighted by molar-refractivity contribution is 5.80. The molecule has 0 fully saturated rings. The number of nitro groups is 1. The van der Waals surface area contributed by atoms with Gasteiger partial charge in [0.25, 0.3) is 11.2 Å². The Morgan fingerprint density at radius 3 is 2.37 bits per heavy atom. The lowest BCUT2D eigenvalue weighted by Crippen LogP contribution is -2.22. The first kappa shape index (κ1) is 19.3. The third-order valence-electron chi connectivity index (χ3n) is 5.08. The Balaban J connectivity index is 1.88. The van der Waals surface area contributed by atoms with Crippen LogP contribution >= 0.6 is 0 Å². The van der Waals surface area contributed by atoms with Crippen molar-refractivity contribution < 1.29 is 4.92 Å². The van der Waals surface area contributed by atoms with Crippen LogP contribution in [0.1, 0.15) is 22.5 Å². The summed E-state index contributed by atoms with van der Waals surface area (Å²) in [6.45, 7) is 4.03. The zero-order valence-corrected chi connectivity index (χ0v) is 16.6. The number of fused-ring (bicyclic) bond motifs is 1. The van der Waals surface area contributed by atoms with Gasteiger partial charge in [-0.25, -0.2) is 4.98 Å². The van der Waals surface area contributed by atoms with Gasteiger partial charge in [-0.2, -0.15) is 0 Å². The van der Waals surface area contributed by atoms with Gasteiger partial charge >= 0.3 is 0 Å². The van der Waals surface area contributed by atoms with E-state index < -0.39 is 4.92 Å². The fraction of sp³-hybridized carbons (Fsp3) is 0.0833. The van der Waals surface area contributed by atoms with Crippen molar-refractivity contribution in [3.05, 3.63) is 110 Å². The molecule has 0 amide bonds. The van der Waals surface area contributed by atoms with Gasteiger partial charge in [-0.05, 0) is 73.0 Å². The van der Waals surface area contributed by atoms with Gasteiger partial charge in [-0.3, -0.25) is 19.5 Å². The van der Waals surface area contributed by atoms with Crippen LogP contribution in [0.5, 0.6) is 0 Å². The Bertz CT molecular complexity index is 1350. The molecule has 0 saturated heterocycles. The molecule has 148 valence electrons. The Labute approximate surface area is 172 Å². The first-order valence-corrected chi connectivity index (χ1v) is 9.46. The van der Waals surface area contributed by atoms with E-state index in [-0.39, 0.29) is 11.2 Å². The molecule has 6 nitrogen and oxygen atoms in total. The molecule has 1 aromatic heterocycles. The van der Waals surface area contributed by atoms with Crippen molar-refractivity contribution in [2.75, 3.05) is 0 Å². The zero-order valence-electron chi connectivity index (χ0n) is 16.6. The quantitative estimate of drug-likeness (QED) is 0.355. The molecule has 3 aromatic carbocycles. The number of benzene rings is 3. The number of hydrogen-bond donors (Lipinski definition) is 0.